The Morgan fingerprint density at radius 3 is 3.00 bits per heavy atom. The van der Waals surface area contributed by atoms with Gasteiger partial charge in [0, 0.05) is 57.7 Å². The van der Waals surface area contributed by atoms with E-state index in [1.165, 1.54) is 5.69 Å². The lowest BCUT2D eigenvalue weighted by atomic mass is 9.99. The van der Waals surface area contributed by atoms with Gasteiger partial charge < -0.3 is 19.4 Å². The van der Waals surface area contributed by atoms with Gasteiger partial charge in [0.05, 0.1) is 25.4 Å². The predicted molar refractivity (Wildman–Crippen MR) is 108 cm³/mol. The van der Waals surface area contributed by atoms with Gasteiger partial charge in [-0.25, -0.2) is 4.68 Å². The molecule has 3 aliphatic heterocycles. The lowest BCUT2D eigenvalue weighted by Gasteiger charge is -2.34. The number of hydrogen-bond donors (Lipinski definition) is 1. The molecule has 5 heterocycles. The Labute approximate surface area is 176 Å². The maximum absolute atomic E-state index is 12.4. The molecule has 1 N–H and O–H groups in total. The Morgan fingerprint density at radius 1 is 1.33 bits per heavy atom. The lowest BCUT2D eigenvalue weighted by Crippen LogP contribution is -2.44. The van der Waals surface area contributed by atoms with Crippen LogP contribution in [0.4, 0.5) is 0 Å². The van der Waals surface area contributed by atoms with Crippen LogP contribution in [0, 0.1) is 5.92 Å². The summed E-state index contributed by atoms with van der Waals surface area (Å²) in [5, 5.41) is 11.7. The summed E-state index contributed by atoms with van der Waals surface area (Å²) in [6.07, 6.45) is 4.65. The summed E-state index contributed by atoms with van der Waals surface area (Å²) >= 11 is 0. The zero-order valence-corrected chi connectivity index (χ0v) is 17.5. The largest absolute Gasteiger partial charge is 0.381 e. The molecule has 5 rings (SSSR count). The fourth-order valence-corrected chi connectivity index (χ4v) is 4.81. The van der Waals surface area contributed by atoms with E-state index < -0.39 is 0 Å². The van der Waals surface area contributed by atoms with Gasteiger partial charge in [0.1, 0.15) is 11.3 Å². The first-order chi connectivity index (χ1) is 14.6. The summed E-state index contributed by atoms with van der Waals surface area (Å²) in [5.74, 6) is 0.124. The molecule has 0 bridgehead atoms. The highest BCUT2D eigenvalue weighted by Gasteiger charge is 2.43. The quantitative estimate of drug-likeness (QED) is 0.780. The topological polar surface area (TPSA) is 86.4 Å². The molecule has 0 aromatic carbocycles. The summed E-state index contributed by atoms with van der Waals surface area (Å²) in [7, 11) is 2.09. The van der Waals surface area contributed by atoms with Crippen LogP contribution in [0.3, 0.4) is 0 Å². The van der Waals surface area contributed by atoms with E-state index in [0.717, 1.165) is 50.3 Å². The molecule has 0 aliphatic carbocycles. The van der Waals surface area contributed by atoms with Crippen molar-refractivity contribution in [1.82, 2.24) is 29.8 Å². The first kappa shape index (κ1) is 19.7. The van der Waals surface area contributed by atoms with Crippen LogP contribution < -0.4 is 5.32 Å². The average Bonchev–Trinajstić information content (AvgIpc) is 3.47. The molecule has 1 unspecified atom stereocenters. The molecule has 3 aliphatic rings. The van der Waals surface area contributed by atoms with Crippen LogP contribution in [0.1, 0.15) is 36.3 Å². The summed E-state index contributed by atoms with van der Waals surface area (Å²) in [5.41, 5.74) is 2.90. The van der Waals surface area contributed by atoms with Crippen molar-refractivity contribution in [2.24, 2.45) is 13.0 Å². The number of carbonyl (C=O) groups is 1. The molecule has 0 radical (unpaired) electrons. The number of nitrogens with zero attached hydrogens (tertiary/aromatic N) is 5. The monoisotopic (exact) mass is 414 g/mol. The third-order valence-electron chi connectivity index (χ3n) is 6.73. The van der Waals surface area contributed by atoms with Gasteiger partial charge in [-0.15, -0.1) is 5.10 Å². The number of carbonyl (C=O) groups excluding carboxylic acids is 1. The smallest absolute Gasteiger partial charge is 0.223 e. The second-order valence-corrected chi connectivity index (χ2v) is 8.79. The van der Waals surface area contributed by atoms with Crippen molar-refractivity contribution in [3.8, 4) is 0 Å². The lowest BCUT2D eigenvalue weighted by molar-refractivity contribution is -0.128. The highest BCUT2D eigenvalue weighted by Crippen LogP contribution is 2.33. The van der Waals surface area contributed by atoms with E-state index in [4.69, 9.17) is 9.47 Å². The highest BCUT2D eigenvalue weighted by molar-refractivity contribution is 5.78. The summed E-state index contributed by atoms with van der Waals surface area (Å²) in [4.78, 5) is 14.8. The van der Waals surface area contributed by atoms with E-state index in [0.29, 0.717) is 32.9 Å². The van der Waals surface area contributed by atoms with E-state index in [2.05, 4.69) is 50.5 Å². The fourth-order valence-electron chi connectivity index (χ4n) is 4.81. The SMILES string of the molecule is Cn1cccc1CN1CCC2(C1)Cn1nnc(CNC(=O)C3CCOCC3)c1CO2. The minimum atomic E-state index is -0.200. The van der Waals surface area contributed by atoms with Crippen LogP contribution in [-0.2, 0) is 47.6 Å². The Morgan fingerprint density at radius 2 is 2.20 bits per heavy atom. The maximum Gasteiger partial charge on any atom is 0.223 e. The minimum Gasteiger partial charge on any atom is -0.381 e. The molecule has 2 aromatic heterocycles. The van der Waals surface area contributed by atoms with Crippen molar-refractivity contribution in [2.45, 2.75) is 51.1 Å². The van der Waals surface area contributed by atoms with Gasteiger partial charge in [0.25, 0.3) is 0 Å². The zero-order chi connectivity index (χ0) is 20.6. The van der Waals surface area contributed by atoms with Crippen molar-refractivity contribution in [3.63, 3.8) is 0 Å². The fraction of sp³-hybridized carbons (Fsp3) is 0.667. The Bertz CT molecular complexity index is 902. The van der Waals surface area contributed by atoms with E-state index in [-0.39, 0.29) is 17.4 Å². The molecule has 0 saturated carbocycles. The van der Waals surface area contributed by atoms with Gasteiger partial charge in [-0.05, 0) is 31.4 Å². The number of likely N-dealkylation sites (tertiary alicyclic amines) is 1. The van der Waals surface area contributed by atoms with Gasteiger partial charge in [-0.2, -0.15) is 0 Å². The third kappa shape index (κ3) is 3.89. The van der Waals surface area contributed by atoms with Crippen molar-refractivity contribution in [3.05, 3.63) is 35.4 Å². The van der Waals surface area contributed by atoms with Crippen molar-refractivity contribution in [1.29, 1.82) is 0 Å². The number of fused-ring (bicyclic) bond motifs is 1. The molecule has 2 fully saturated rings. The molecule has 1 amide bonds. The molecule has 162 valence electrons. The number of aryl methyl sites for hydroxylation is 1. The first-order valence-corrected chi connectivity index (χ1v) is 10.9. The highest BCUT2D eigenvalue weighted by atomic mass is 16.5. The number of ether oxygens (including phenoxy) is 2. The minimum absolute atomic E-state index is 0.0402. The van der Waals surface area contributed by atoms with Crippen LogP contribution in [0.25, 0.3) is 0 Å². The van der Waals surface area contributed by atoms with Crippen LogP contribution in [0.5, 0.6) is 0 Å². The van der Waals surface area contributed by atoms with Crippen molar-refractivity contribution >= 4 is 5.91 Å². The van der Waals surface area contributed by atoms with Gasteiger partial charge in [0.15, 0.2) is 0 Å². The third-order valence-corrected chi connectivity index (χ3v) is 6.73. The van der Waals surface area contributed by atoms with E-state index in [1.807, 2.05) is 4.68 Å². The molecule has 2 saturated heterocycles. The van der Waals surface area contributed by atoms with Gasteiger partial charge in [-0.1, -0.05) is 5.21 Å². The molecule has 9 heteroatoms. The van der Waals surface area contributed by atoms with Crippen LogP contribution in [0.2, 0.25) is 0 Å². The van der Waals surface area contributed by atoms with Gasteiger partial charge in [-0.3, -0.25) is 9.69 Å². The zero-order valence-electron chi connectivity index (χ0n) is 17.5. The summed E-state index contributed by atoms with van der Waals surface area (Å²) in [6.45, 7) is 5.79. The van der Waals surface area contributed by atoms with Crippen molar-refractivity contribution in [2.75, 3.05) is 26.3 Å². The Balaban J connectivity index is 1.18. The molecule has 1 spiro atoms. The summed E-state index contributed by atoms with van der Waals surface area (Å²) in [6, 6.07) is 4.26. The second-order valence-electron chi connectivity index (χ2n) is 8.79. The molecule has 9 nitrogen and oxygen atoms in total. The van der Waals surface area contributed by atoms with E-state index >= 15 is 0 Å². The van der Waals surface area contributed by atoms with Crippen LogP contribution >= 0.6 is 0 Å². The van der Waals surface area contributed by atoms with Gasteiger partial charge >= 0.3 is 0 Å². The normalized spacial score (nSPS) is 25.0. The molecular weight excluding hydrogens is 384 g/mol. The standard InChI is InChI=1S/C21H30N6O3/c1-25-7-2-3-17(25)12-26-8-6-21(14-26)15-27-19(13-30-21)18(23-24-27)11-22-20(28)16-4-9-29-10-5-16/h2-3,7,16H,4-6,8-15H2,1H3,(H,22,28). The number of hydrogen-bond acceptors (Lipinski definition) is 6. The average molecular weight is 415 g/mol. The molecule has 30 heavy (non-hydrogen) atoms. The van der Waals surface area contributed by atoms with Crippen LogP contribution in [-0.4, -0.2) is 62.3 Å². The molecular formula is C21H30N6O3. The van der Waals surface area contributed by atoms with Crippen molar-refractivity contribution < 1.29 is 14.3 Å². The molecule has 1 atom stereocenters. The number of rotatable bonds is 5. The maximum atomic E-state index is 12.4. The Kier molecular flexibility index (Phi) is 5.34. The number of nitrogens with one attached hydrogen (secondary N) is 1. The summed E-state index contributed by atoms with van der Waals surface area (Å²) < 4.78 is 15.9. The number of amides is 1. The Hall–Kier alpha value is -2.23. The van der Waals surface area contributed by atoms with E-state index in [1.54, 1.807) is 0 Å². The van der Waals surface area contributed by atoms with Gasteiger partial charge in [0.2, 0.25) is 5.91 Å². The van der Waals surface area contributed by atoms with E-state index in [9.17, 15) is 4.79 Å². The first-order valence-electron chi connectivity index (χ1n) is 10.9. The second kappa shape index (κ2) is 8.13. The number of aromatic nitrogens is 4. The van der Waals surface area contributed by atoms with Crippen LogP contribution in [0.15, 0.2) is 18.3 Å². The molecule has 2 aromatic rings. The predicted octanol–water partition coefficient (Wildman–Crippen LogP) is 0.834.